The van der Waals surface area contributed by atoms with E-state index < -0.39 is 21.7 Å². The number of carbonyl (C=O) groups excluding carboxylic acids is 1. The Labute approximate surface area is 193 Å². The summed E-state index contributed by atoms with van der Waals surface area (Å²) in [4.78, 5) is 16.5. The highest BCUT2D eigenvalue weighted by Gasteiger charge is 2.29. The number of piperazine rings is 1. The van der Waals surface area contributed by atoms with Gasteiger partial charge in [-0.05, 0) is 61.7 Å². The van der Waals surface area contributed by atoms with Crippen LogP contribution in [0.5, 0.6) is 0 Å². The number of benzene rings is 2. The molecule has 178 valence electrons. The van der Waals surface area contributed by atoms with Gasteiger partial charge in [-0.1, -0.05) is 0 Å². The van der Waals surface area contributed by atoms with Crippen LogP contribution in [-0.2, 0) is 14.8 Å². The Bertz CT molecular complexity index is 1130. The van der Waals surface area contributed by atoms with Crippen LogP contribution in [0.3, 0.4) is 0 Å². The summed E-state index contributed by atoms with van der Waals surface area (Å²) < 4.78 is 53.3. The second-order valence-electron chi connectivity index (χ2n) is 8.50. The zero-order valence-electron chi connectivity index (χ0n) is 18.6. The normalized spacial score (nSPS) is 18.0. The first-order valence-electron chi connectivity index (χ1n) is 11.1. The number of rotatable bonds is 6. The lowest BCUT2D eigenvalue weighted by atomic mass is 10.1. The van der Waals surface area contributed by atoms with Crippen LogP contribution in [0.15, 0.2) is 41.3 Å². The minimum Gasteiger partial charge on any atom is -0.372 e. The number of halogens is 2. The van der Waals surface area contributed by atoms with E-state index in [-0.39, 0.29) is 30.4 Å². The van der Waals surface area contributed by atoms with Gasteiger partial charge >= 0.3 is 0 Å². The molecule has 10 heteroatoms. The summed E-state index contributed by atoms with van der Waals surface area (Å²) in [6, 6.07) is 8.60. The number of nitrogens with one attached hydrogen (secondary N) is 1. The van der Waals surface area contributed by atoms with Crippen molar-refractivity contribution >= 4 is 27.3 Å². The van der Waals surface area contributed by atoms with Crippen molar-refractivity contribution in [2.75, 3.05) is 56.0 Å². The molecule has 0 aromatic heterocycles. The van der Waals surface area contributed by atoms with E-state index in [0.717, 1.165) is 36.5 Å². The van der Waals surface area contributed by atoms with Gasteiger partial charge in [-0.25, -0.2) is 17.2 Å². The van der Waals surface area contributed by atoms with Crippen LogP contribution in [-0.4, -0.2) is 69.3 Å². The highest BCUT2D eigenvalue weighted by atomic mass is 32.2. The van der Waals surface area contributed by atoms with Crippen LogP contribution in [0.25, 0.3) is 0 Å². The van der Waals surface area contributed by atoms with Gasteiger partial charge in [0.2, 0.25) is 15.9 Å². The first-order valence-corrected chi connectivity index (χ1v) is 12.5. The lowest BCUT2D eigenvalue weighted by molar-refractivity contribution is -0.117. The zero-order valence-corrected chi connectivity index (χ0v) is 19.4. The van der Waals surface area contributed by atoms with Gasteiger partial charge in [0.15, 0.2) is 11.6 Å². The predicted octanol–water partition coefficient (Wildman–Crippen LogP) is 2.82. The first-order chi connectivity index (χ1) is 15.7. The Morgan fingerprint density at radius 1 is 0.939 bits per heavy atom. The van der Waals surface area contributed by atoms with E-state index in [9.17, 15) is 22.0 Å². The van der Waals surface area contributed by atoms with Gasteiger partial charge in [0, 0.05) is 50.6 Å². The van der Waals surface area contributed by atoms with Crippen molar-refractivity contribution < 1.29 is 22.0 Å². The second kappa shape index (κ2) is 9.74. The minimum absolute atomic E-state index is 0.145. The highest BCUT2D eigenvalue weighted by Crippen LogP contribution is 2.26. The highest BCUT2D eigenvalue weighted by molar-refractivity contribution is 7.89. The third-order valence-corrected chi connectivity index (χ3v) is 8.08. The van der Waals surface area contributed by atoms with Crippen molar-refractivity contribution in [3.05, 3.63) is 53.6 Å². The molecule has 2 fully saturated rings. The Balaban J connectivity index is 1.30. The molecule has 0 radical (unpaired) electrons. The van der Waals surface area contributed by atoms with E-state index in [1.165, 1.54) is 22.8 Å². The predicted molar refractivity (Wildman–Crippen MR) is 123 cm³/mol. The quantitative estimate of drug-likeness (QED) is 0.691. The first kappa shape index (κ1) is 23.6. The Morgan fingerprint density at radius 2 is 1.64 bits per heavy atom. The van der Waals surface area contributed by atoms with E-state index in [0.29, 0.717) is 19.2 Å². The monoisotopic (exact) mass is 478 g/mol. The Hall–Kier alpha value is -2.56. The van der Waals surface area contributed by atoms with Gasteiger partial charge in [-0.15, -0.1) is 0 Å². The summed E-state index contributed by atoms with van der Waals surface area (Å²) in [5, 5.41) is 2.95. The van der Waals surface area contributed by atoms with E-state index in [1.807, 2.05) is 24.0 Å². The van der Waals surface area contributed by atoms with E-state index in [4.69, 9.17) is 0 Å². The fourth-order valence-corrected chi connectivity index (χ4v) is 5.70. The molecular weight excluding hydrogens is 450 g/mol. The molecule has 0 spiro atoms. The maximum Gasteiger partial charge on any atom is 0.243 e. The zero-order chi connectivity index (χ0) is 23.6. The van der Waals surface area contributed by atoms with Crippen LogP contribution in [0.2, 0.25) is 0 Å². The number of nitrogens with zero attached hydrogens (tertiary/aromatic N) is 3. The molecule has 0 atom stereocenters. The molecule has 4 rings (SSSR count). The number of anilines is 2. The fraction of sp³-hybridized carbons (Fsp3) is 0.435. The van der Waals surface area contributed by atoms with Crippen molar-refractivity contribution in [1.82, 2.24) is 9.21 Å². The molecule has 2 aromatic rings. The summed E-state index contributed by atoms with van der Waals surface area (Å²) in [6.45, 7) is 5.29. The van der Waals surface area contributed by atoms with Gasteiger partial charge < -0.3 is 10.2 Å². The van der Waals surface area contributed by atoms with Crippen LogP contribution < -0.4 is 10.2 Å². The molecule has 1 amide bonds. The van der Waals surface area contributed by atoms with Crippen molar-refractivity contribution in [1.29, 1.82) is 0 Å². The molecule has 0 aliphatic carbocycles. The average molecular weight is 479 g/mol. The maximum absolute atomic E-state index is 13.5. The fourth-order valence-electron chi connectivity index (χ4n) is 4.27. The molecule has 1 N–H and O–H groups in total. The number of hydrogen-bond donors (Lipinski definition) is 1. The van der Waals surface area contributed by atoms with Crippen LogP contribution >= 0.6 is 0 Å². The SMILES string of the molecule is Cc1cc(N2CCCC2)ccc1NC(=O)CN1CCN(S(=O)(=O)c2ccc(F)c(F)c2)CC1. The van der Waals surface area contributed by atoms with Gasteiger partial charge in [0.25, 0.3) is 0 Å². The largest absolute Gasteiger partial charge is 0.372 e. The van der Waals surface area contributed by atoms with Crippen molar-refractivity contribution in [3.8, 4) is 0 Å². The van der Waals surface area contributed by atoms with Crippen LogP contribution in [0.4, 0.5) is 20.2 Å². The van der Waals surface area contributed by atoms with E-state index in [1.54, 1.807) is 0 Å². The molecule has 0 saturated carbocycles. The van der Waals surface area contributed by atoms with Gasteiger partial charge in [0.1, 0.15) is 0 Å². The number of sulfonamides is 1. The van der Waals surface area contributed by atoms with Gasteiger partial charge in [-0.3, -0.25) is 9.69 Å². The van der Waals surface area contributed by atoms with Gasteiger partial charge in [0.05, 0.1) is 11.4 Å². The Morgan fingerprint density at radius 3 is 2.27 bits per heavy atom. The van der Waals surface area contributed by atoms with E-state index in [2.05, 4.69) is 16.3 Å². The number of hydrogen-bond acceptors (Lipinski definition) is 5. The molecule has 7 nitrogen and oxygen atoms in total. The molecule has 2 saturated heterocycles. The average Bonchev–Trinajstić information content (AvgIpc) is 3.32. The van der Waals surface area contributed by atoms with Crippen LogP contribution in [0.1, 0.15) is 18.4 Å². The molecule has 2 aliphatic rings. The second-order valence-corrected chi connectivity index (χ2v) is 10.4. The molecule has 2 aliphatic heterocycles. The standard InChI is InChI=1S/C23H28F2N4O3S/c1-17-14-18(28-8-2-3-9-28)4-7-22(17)26-23(30)16-27-10-12-29(13-11-27)33(31,32)19-5-6-20(24)21(25)15-19/h4-7,14-15H,2-3,8-13,16H2,1H3,(H,26,30). The van der Waals surface area contributed by atoms with E-state index >= 15 is 0 Å². The molecule has 0 unspecified atom stereocenters. The molecule has 2 heterocycles. The summed E-state index contributed by atoms with van der Waals surface area (Å²) >= 11 is 0. The molecule has 0 bridgehead atoms. The lowest BCUT2D eigenvalue weighted by Gasteiger charge is -2.33. The van der Waals surface area contributed by atoms with Gasteiger partial charge in [-0.2, -0.15) is 4.31 Å². The summed E-state index contributed by atoms with van der Waals surface area (Å²) in [5.41, 5.74) is 2.93. The molecule has 2 aromatic carbocycles. The topological polar surface area (TPSA) is 73.0 Å². The van der Waals surface area contributed by atoms with Crippen molar-refractivity contribution in [3.63, 3.8) is 0 Å². The Kier molecular flexibility index (Phi) is 6.96. The third kappa shape index (κ3) is 5.34. The molecular formula is C23H28F2N4O3S. The molecule has 33 heavy (non-hydrogen) atoms. The summed E-state index contributed by atoms with van der Waals surface area (Å²) in [6.07, 6.45) is 2.40. The summed E-state index contributed by atoms with van der Waals surface area (Å²) in [5.74, 6) is -2.45. The summed E-state index contributed by atoms with van der Waals surface area (Å²) in [7, 11) is -3.92. The van der Waals surface area contributed by atoms with Crippen molar-refractivity contribution in [2.45, 2.75) is 24.7 Å². The van der Waals surface area contributed by atoms with Crippen molar-refractivity contribution in [2.24, 2.45) is 0 Å². The number of amides is 1. The minimum atomic E-state index is -3.92. The lowest BCUT2D eigenvalue weighted by Crippen LogP contribution is -2.50. The van der Waals surface area contributed by atoms with Crippen LogP contribution in [0, 0.1) is 18.6 Å². The maximum atomic E-state index is 13.5. The number of aryl methyl sites for hydroxylation is 1. The smallest absolute Gasteiger partial charge is 0.243 e. The number of carbonyl (C=O) groups is 1. The third-order valence-electron chi connectivity index (χ3n) is 6.18.